The molecule has 128 valence electrons. The molecule has 0 radical (unpaired) electrons. The van der Waals surface area contributed by atoms with Gasteiger partial charge in [0.2, 0.25) is 0 Å². The maximum Gasteiger partial charge on any atom is 0.356 e. The van der Waals surface area contributed by atoms with E-state index in [2.05, 4.69) is 20.9 Å². The fourth-order valence-corrected chi connectivity index (χ4v) is 3.43. The molecule has 0 atom stereocenters. The Morgan fingerprint density at radius 3 is 2.44 bits per heavy atom. The maximum atomic E-state index is 11.7. The number of imidazole rings is 1. The van der Waals surface area contributed by atoms with Crippen molar-refractivity contribution >= 4 is 45.1 Å². The van der Waals surface area contributed by atoms with E-state index in [1.807, 2.05) is 35.8 Å². The zero-order chi connectivity index (χ0) is 18.1. The normalized spacial score (nSPS) is 10.9. The van der Waals surface area contributed by atoms with Crippen LogP contribution in [0.3, 0.4) is 0 Å². The Hall–Kier alpha value is -1.82. The van der Waals surface area contributed by atoms with Crippen molar-refractivity contribution in [3.8, 4) is 17.1 Å². The molecule has 0 fully saturated rings. The number of carbonyl (C=O) groups is 1. The van der Waals surface area contributed by atoms with E-state index in [0.717, 1.165) is 10.2 Å². The molecule has 0 aliphatic rings. The number of carboxylic acids is 1. The Bertz CT molecular complexity index is 952. The third-order valence-corrected chi connectivity index (χ3v) is 4.84. The van der Waals surface area contributed by atoms with Gasteiger partial charge in [0, 0.05) is 20.7 Å². The molecule has 4 nitrogen and oxygen atoms in total. The molecule has 3 aromatic rings. The summed E-state index contributed by atoms with van der Waals surface area (Å²) in [5.41, 5.74) is 2.06. The number of aromatic nitrogens is 2. The van der Waals surface area contributed by atoms with Crippen LogP contribution in [0.4, 0.5) is 0 Å². The Balaban J connectivity index is 2.34. The van der Waals surface area contributed by atoms with E-state index in [1.54, 1.807) is 18.2 Å². The van der Waals surface area contributed by atoms with Gasteiger partial charge in [-0.2, -0.15) is 0 Å². The van der Waals surface area contributed by atoms with Crippen molar-refractivity contribution in [3.63, 3.8) is 0 Å². The fourth-order valence-electron chi connectivity index (χ4n) is 2.67. The number of hydrogen-bond acceptors (Lipinski definition) is 2. The Labute approximate surface area is 163 Å². The second-order valence-corrected chi connectivity index (χ2v) is 7.08. The van der Waals surface area contributed by atoms with Crippen LogP contribution in [0, 0.1) is 0 Å². The van der Waals surface area contributed by atoms with Crippen LogP contribution >= 0.6 is 39.1 Å². The summed E-state index contributed by atoms with van der Waals surface area (Å²) in [6, 6.07) is 12.6. The molecule has 0 unspecified atom stereocenters. The van der Waals surface area contributed by atoms with Gasteiger partial charge in [-0.1, -0.05) is 46.1 Å². The standard InChI is InChI=1S/C18H13BrCl2N2O2/c1-2-15-16(18(24)25)22-17(13-8-5-11(20)9-14(13)21)23(15)12-6-3-10(19)4-7-12/h3-9H,2H2,1H3,(H,24,25). The van der Waals surface area contributed by atoms with Gasteiger partial charge in [0.15, 0.2) is 5.69 Å². The first-order valence-corrected chi connectivity index (χ1v) is 9.03. The smallest absolute Gasteiger partial charge is 0.356 e. The molecule has 0 bridgehead atoms. The van der Waals surface area contributed by atoms with Crippen LogP contribution in [0.5, 0.6) is 0 Å². The molecule has 25 heavy (non-hydrogen) atoms. The van der Waals surface area contributed by atoms with Crippen molar-refractivity contribution in [3.05, 3.63) is 68.4 Å². The molecule has 0 aliphatic carbocycles. The highest BCUT2D eigenvalue weighted by atomic mass is 79.9. The third kappa shape index (κ3) is 3.45. The minimum Gasteiger partial charge on any atom is -0.476 e. The van der Waals surface area contributed by atoms with E-state index < -0.39 is 5.97 Å². The first-order valence-electron chi connectivity index (χ1n) is 7.48. The van der Waals surface area contributed by atoms with Crippen LogP contribution in [0.15, 0.2) is 46.9 Å². The van der Waals surface area contributed by atoms with E-state index in [9.17, 15) is 9.90 Å². The Kier molecular flexibility index (Phi) is 5.18. The van der Waals surface area contributed by atoms with E-state index >= 15 is 0 Å². The molecule has 0 amide bonds. The van der Waals surface area contributed by atoms with E-state index in [0.29, 0.717) is 33.5 Å². The molecule has 0 saturated heterocycles. The lowest BCUT2D eigenvalue weighted by Gasteiger charge is -2.13. The zero-order valence-electron chi connectivity index (χ0n) is 13.1. The SMILES string of the molecule is CCc1c(C(=O)O)nc(-c2ccc(Cl)cc2Cl)n1-c1ccc(Br)cc1. The van der Waals surface area contributed by atoms with Crippen LogP contribution in [0.25, 0.3) is 17.1 Å². The predicted molar refractivity (Wildman–Crippen MR) is 103 cm³/mol. The zero-order valence-corrected chi connectivity index (χ0v) is 16.2. The second-order valence-electron chi connectivity index (χ2n) is 5.33. The lowest BCUT2D eigenvalue weighted by molar-refractivity contribution is 0.0690. The first kappa shape index (κ1) is 18.0. The summed E-state index contributed by atoms with van der Waals surface area (Å²) in [6.07, 6.45) is 0.510. The van der Waals surface area contributed by atoms with Crippen LogP contribution in [0.2, 0.25) is 10.0 Å². The molecule has 2 aromatic carbocycles. The van der Waals surface area contributed by atoms with Crippen molar-refractivity contribution in [2.45, 2.75) is 13.3 Å². The number of benzene rings is 2. The molecular formula is C18H13BrCl2N2O2. The third-order valence-electron chi connectivity index (χ3n) is 3.77. The summed E-state index contributed by atoms with van der Waals surface area (Å²) in [5, 5.41) is 10.5. The Morgan fingerprint density at radius 1 is 1.20 bits per heavy atom. The molecule has 7 heteroatoms. The van der Waals surface area contributed by atoms with Crippen molar-refractivity contribution in [2.75, 3.05) is 0 Å². The Morgan fingerprint density at radius 2 is 1.88 bits per heavy atom. The summed E-state index contributed by atoms with van der Waals surface area (Å²) in [7, 11) is 0. The number of aromatic carboxylic acids is 1. The molecule has 1 heterocycles. The second kappa shape index (κ2) is 7.20. The number of carboxylic acid groups (broad SMARTS) is 1. The molecule has 1 N–H and O–H groups in total. The summed E-state index contributed by atoms with van der Waals surface area (Å²) in [4.78, 5) is 16.0. The average molecular weight is 440 g/mol. The van der Waals surface area contributed by atoms with Gasteiger partial charge in [-0.05, 0) is 48.9 Å². The summed E-state index contributed by atoms with van der Waals surface area (Å²) >= 11 is 15.7. The van der Waals surface area contributed by atoms with Gasteiger partial charge in [0.1, 0.15) is 5.82 Å². The average Bonchev–Trinajstić information content (AvgIpc) is 2.95. The van der Waals surface area contributed by atoms with Crippen molar-refractivity contribution in [1.82, 2.24) is 9.55 Å². The van der Waals surface area contributed by atoms with Crippen molar-refractivity contribution in [2.24, 2.45) is 0 Å². The lowest BCUT2D eigenvalue weighted by atomic mass is 10.2. The quantitative estimate of drug-likeness (QED) is 0.553. The minimum absolute atomic E-state index is 0.0198. The van der Waals surface area contributed by atoms with Gasteiger partial charge < -0.3 is 5.11 Å². The van der Waals surface area contributed by atoms with Gasteiger partial charge in [-0.25, -0.2) is 9.78 Å². The lowest BCUT2D eigenvalue weighted by Crippen LogP contribution is -2.05. The van der Waals surface area contributed by atoms with Gasteiger partial charge in [-0.15, -0.1) is 0 Å². The molecule has 0 aliphatic heterocycles. The number of nitrogens with zero attached hydrogens (tertiary/aromatic N) is 2. The van der Waals surface area contributed by atoms with Crippen molar-refractivity contribution < 1.29 is 9.90 Å². The van der Waals surface area contributed by atoms with Crippen LogP contribution in [0.1, 0.15) is 23.1 Å². The molecular weight excluding hydrogens is 427 g/mol. The van der Waals surface area contributed by atoms with Crippen LogP contribution in [-0.2, 0) is 6.42 Å². The molecule has 0 saturated carbocycles. The predicted octanol–water partition coefficient (Wildman–Crippen LogP) is 5.87. The summed E-state index contributed by atoms with van der Waals surface area (Å²) < 4.78 is 2.75. The van der Waals surface area contributed by atoms with Gasteiger partial charge >= 0.3 is 5.97 Å². The number of rotatable bonds is 4. The van der Waals surface area contributed by atoms with E-state index in [4.69, 9.17) is 23.2 Å². The number of halogens is 3. The topological polar surface area (TPSA) is 55.1 Å². The van der Waals surface area contributed by atoms with Crippen LogP contribution < -0.4 is 0 Å². The fraction of sp³-hybridized carbons (Fsp3) is 0.111. The maximum absolute atomic E-state index is 11.7. The van der Waals surface area contributed by atoms with Crippen LogP contribution in [-0.4, -0.2) is 20.6 Å². The minimum atomic E-state index is -1.07. The molecule has 0 spiro atoms. The van der Waals surface area contributed by atoms with Gasteiger partial charge in [0.05, 0.1) is 10.7 Å². The number of hydrogen-bond donors (Lipinski definition) is 1. The van der Waals surface area contributed by atoms with E-state index in [-0.39, 0.29) is 5.69 Å². The highest BCUT2D eigenvalue weighted by Crippen LogP contribution is 2.33. The molecule has 1 aromatic heterocycles. The monoisotopic (exact) mass is 438 g/mol. The molecule has 3 rings (SSSR count). The van der Waals surface area contributed by atoms with Gasteiger partial charge in [-0.3, -0.25) is 4.57 Å². The van der Waals surface area contributed by atoms with Gasteiger partial charge in [0.25, 0.3) is 0 Å². The summed E-state index contributed by atoms with van der Waals surface area (Å²) in [6.45, 7) is 1.89. The highest BCUT2D eigenvalue weighted by Gasteiger charge is 2.24. The highest BCUT2D eigenvalue weighted by molar-refractivity contribution is 9.10. The van der Waals surface area contributed by atoms with Crippen molar-refractivity contribution in [1.29, 1.82) is 0 Å². The van der Waals surface area contributed by atoms with E-state index in [1.165, 1.54) is 0 Å². The first-order chi connectivity index (χ1) is 11.9. The summed E-state index contributed by atoms with van der Waals surface area (Å²) in [5.74, 6) is -0.600. The largest absolute Gasteiger partial charge is 0.476 e.